The third-order valence-corrected chi connectivity index (χ3v) is 4.21. The molecule has 0 saturated carbocycles. The number of para-hydroxylation sites is 1. The summed E-state index contributed by atoms with van der Waals surface area (Å²) in [6.07, 6.45) is 0. The van der Waals surface area contributed by atoms with Gasteiger partial charge in [0.15, 0.2) is 19.2 Å². The number of ether oxygens (including phenoxy) is 2. The van der Waals surface area contributed by atoms with Crippen LogP contribution in [0.5, 0.6) is 5.88 Å². The molecule has 1 aromatic heterocycles. The Kier molecular flexibility index (Phi) is 5.60. The Morgan fingerprint density at radius 2 is 1.82 bits per heavy atom. The quantitative estimate of drug-likeness (QED) is 0.480. The van der Waals surface area contributed by atoms with E-state index in [9.17, 15) is 0 Å². The summed E-state index contributed by atoms with van der Waals surface area (Å²) in [5, 5.41) is 17.8. The van der Waals surface area contributed by atoms with E-state index in [1.807, 2.05) is 59.2 Å². The molecule has 8 heteroatoms. The van der Waals surface area contributed by atoms with Crippen molar-refractivity contribution in [3.05, 3.63) is 54.6 Å². The average Bonchev–Trinajstić information content (AvgIpc) is 3.20. The van der Waals surface area contributed by atoms with Crippen molar-refractivity contribution in [1.29, 1.82) is 0 Å². The van der Waals surface area contributed by atoms with Crippen LogP contribution in [0.25, 0.3) is 22.3 Å². The number of benzene rings is 2. The Balaban J connectivity index is 1.61. The van der Waals surface area contributed by atoms with Crippen LogP contribution in [0.2, 0.25) is 0 Å². The largest absolute Gasteiger partial charge is 0.464 e. The average molecular weight is 378 g/mol. The van der Waals surface area contributed by atoms with Gasteiger partial charge in [-0.2, -0.15) is 4.98 Å². The van der Waals surface area contributed by atoms with Crippen LogP contribution in [-0.2, 0) is 4.74 Å². The van der Waals surface area contributed by atoms with Crippen LogP contribution < -0.4 is 4.74 Å². The Labute approximate surface area is 161 Å². The molecule has 0 amide bonds. The normalized spacial score (nSPS) is 13.5. The van der Waals surface area contributed by atoms with E-state index < -0.39 is 0 Å². The molecule has 0 saturated heterocycles. The van der Waals surface area contributed by atoms with Crippen molar-refractivity contribution in [2.75, 3.05) is 33.2 Å². The van der Waals surface area contributed by atoms with Gasteiger partial charge in [-0.05, 0) is 17.2 Å². The number of nitrogens with zero attached hydrogens (tertiary/aromatic N) is 5. The monoisotopic (exact) mass is 378 g/mol. The Hall–Kier alpha value is -3.23. The maximum absolute atomic E-state index is 8.84. The Bertz CT molecular complexity index is 1020. The van der Waals surface area contributed by atoms with E-state index in [2.05, 4.69) is 20.2 Å². The zero-order valence-corrected chi connectivity index (χ0v) is 15.2. The molecular formula is C20H20N5O3+. The summed E-state index contributed by atoms with van der Waals surface area (Å²) in [5.41, 5.74) is 1.73. The first-order valence-corrected chi connectivity index (χ1v) is 8.97. The standard InChI is InChI=1S/C20H20N5O3/c26-10-11-27-14-25-13-21-24-18(25)12-28-20-16-8-4-5-9-17(16)22-19(23-20)15-6-2-1-3-7-15/h1-9,26H,10-14H2/q+1. The molecule has 142 valence electrons. The molecule has 28 heavy (non-hydrogen) atoms. The minimum atomic E-state index is -0.0247. The van der Waals surface area contributed by atoms with Gasteiger partial charge in [-0.25, -0.2) is 9.56 Å². The lowest BCUT2D eigenvalue weighted by molar-refractivity contribution is -0.563. The second-order valence-corrected chi connectivity index (χ2v) is 6.12. The van der Waals surface area contributed by atoms with Crippen molar-refractivity contribution in [2.45, 2.75) is 0 Å². The van der Waals surface area contributed by atoms with Gasteiger partial charge in [-0.3, -0.25) is 0 Å². The highest BCUT2D eigenvalue weighted by molar-refractivity contribution is 5.86. The lowest BCUT2D eigenvalue weighted by atomic mass is 10.2. The fourth-order valence-electron chi connectivity index (χ4n) is 2.82. The summed E-state index contributed by atoms with van der Waals surface area (Å²) in [6, 6.07) is 17.5. The molecule has 1 aliphatic rings. The fourth-order valence-corrected chi connectivity index (χ4v) is 2.82. The molecule has 8 nitrogen and oxygen atoms in total. The molecule has 0 bridgehead atoms. The zero-order chi connectivity index (χ0) is 19.2. The number of hydrogen-bond acceptors (Lipinski definition) is 7. The Morgan fingerprint density at radius 1 is 1.00 bits per heavy atom. The summed E-state index contributed by atoms with van der Waals surface area (Å²) < 4.78 is 13.2. The molecule has 2 heterocycles. The van der Waals surface area contributed by atoms with Crippen LogP contribution >= 0.6 is 0 Å². The van der Waals surface area contributed by atoms with Gasteiger partial charge >= 0.3 is 5.84 Å². The van der Waals surface area contributed by atoms with Crippen LogP contribution in [0, 0.1) is 0 Å². The van der Waals surface area contributed by atoms with E-state index in [4.69, 9.17) is 14.6 Å². The lowest BCUT2D eigenvalue weighted by Crippen LogP contribution is -2.24. The number of aromatic nitrogens is 2. The summed E-state index contributed by atoms with van der Waals surface area (Å²) in [5.74, 6) is 1.76. The minimum absolute atomic E-state index is 0.0247. The minimum Gasteiger partial charge on any atom is -0.464 e. The van der Waals surface area contributed by atoms with E-state index in [1.165, 1.54) is 0 Å². The Morgan fingerprint density at radius 3 is 2.68 bits per heavy atom. The molecule has 0 atom stereocenters. The number of amidine groups is 1. The van der Waals surface area contributed by atoms with E-state index in [1.54, 1.807) is 0 Å². The summed E-state index contributed by atoms with van der Waals surface area (Å²) in [7, 11) is 0. The highest BCUT2D eigenvalue weighted by atomic mass is 16.5. The van der Waals surface area contributed by atoms with Crippen molar-refractivity contribution in [3.63, 3.8) is 0 Å². The number of fused-ring (bicyclic) bond motifs is 1. The van der Waals surface area contributed by atoms with Crippen molar-refractivity contribution < 1.29 is 19.2 Å². The number of aliphatic hydroxyl groups excluding tert-OH is 1. The number of hydrogen-bond donors (Lipinski definition) is 1. The van der Waals surface area contributed by atoms with Crippen molar-refractivity contribution in [2.24, 2.45) is 10.2 Å². The topological polar surface area (TPSA) is 92.2 Å². The SMILES string of the molecule is OCCOC[N+]1=C(COc2nc(-c3ccccc3)nc3ccccc23)N=NC1. The van der Waals surface area contributed by atoms with Gasteiger partial charge in [-0.15, -0.1) is 0 Å². The third-order valence-electron chi connectivity index (χ3n) is 4.21. The predicted octanol–water partition coefficient (Wildman–Crippen LogP) is 2.48. The van der Waals surface area contributed by atoms with Gasteiger partial charge in [0.05, 0.1) is 29.2 Å². The van der Waals surface area contributed by atoms with Gasteiger partial charge in [0.25, 0.3) is 0 Å². The molecule has 4 rings (SSSR count). The van der Waals surface area contributed by atoms with Crippen molar-refractivity contribution in [1.82, 2.24) is 9.97 Å². The highest BCUT2D eigenvalue weighted by Crippen LogP contribution is 2.26. The number of rotatable bonds is 8. The van der Waals surface area contributed by atoms with Gasteiger partial charge < -0.3 is 14.6 Å². The van der Waals surface area contributed by atoms with E-state index in [0.29, 0.717) is 30.9 Å². The molecule has 1 aliphatic heterocycles. The maximum Gasteiger partial charge on any atom is 0.362 e. The first-order chi connectivity index (χ1) is 13.8. The third kappa shape index (κ3) is 4.03. The van der Waals surface area contributed by atoms with Crippen molar-refractivity contribution in [3.8, 4) is 17.3 Å². The molecular weight excluding hydrogens is 358 g/mol. The first-order valence-electron chi connectivity index (χ1n) is 8.97. The van der Waals surface area contributed by atoms with E-state index in [-0.39, 0.29) is 19.8 Å². The fraction of sp³-hybridized carbons (Fsp3) is 0.250. The van der Waals surface area contributed by atoms with Crippen LogP contribution in [0.4, 0.5) is 0 Å². The number of azo groups is 1. The molecule has 1 N–H and O–H groups in total. The van der Waals surface area contributed by atoms with Gasteiger partial charge in [0.1, 0.15) is 0 Å². The summed E-state index contributed by atoms with van der Waals surface area (Å²) in [6.45, 7) is 1.15. The summed E-state index contributed by atoms with van der Waals surface area (Å²) in [4.78, 5) is 9.29. The van der Waals surface area contributed by atoms with Crippen LogP contribution in [0.1, 0.15) is 0 Å². The molecule has 3 aromatic rings. The molecule has 0 spiro atoms. The van der Waals surface area contributed by atoms with Crippen LogP contribution in [0.15, 0.2) is 64.8 Å². The number of aliphatic hydroxyl groups is 1. The summed E-state index contributed by atoms with van der Waals surface area (Å²) >= 11 is 0. The van der Waals surface area contributed by atoms with Gasteiger partial charge in [0, 0.05) is 5.56 Å². The molecule has 0 fully saturated rings. The second kappa shape index (κ2) is 8.64. The zero-order valence-electron chi connectivity index (χ0n) is 15.2. The van der Waals surface area contributed by atoms with E-state index >= 15 is 0 Å². The molecule has 2 aromatic carbocycles. The lowest BCUT2D eigenvalue weighted by Gasteiger charge is -2.09. The molecule has 0 radical (unpaired) electrons. The van der Waals surface area contributed by atoms with Crippen molar-refractivity contribution >= 4 is 16.7 Å². The molecule has 0 aliphatic carbocycles. The van der Waals surface area contributed by atoms with Gasteiger partial charge in [-0.1, -0.05) is 42.5 Å². The molecule has 0 unspecified atom stereocenters. The highest BCUT2D eigenvalue weighted by Gasteiger charge is 2.23. The van der Waals surface area contributed by atoms with Crippen LogP contribution in [0.3, 0.4) is 0 Å². The predicted molar refractivity (Wildman–Crippen MR) is 103 cm³/mol. The smallest absolute Gasteiger partial charge is 0.362 e. The maximum atomic E-state index is 8.84. The van der Waals surface area contributed by atoms with Crippen LogP contribution in [-0.4, -0.2) is 58.7 Å². The second-order valence-electron chi connectivity index (χ2n) is 6.12. The van der Waals surface area contributed by atoms with Gasteiger partial charge in [0.2, 0.25) is 12.5 Å². The first kappa shape index (κ1) is 18.1. The van der Waals surface area contributed by atoms with E-state index in [0.717, 1.165) is 16.5 Å².